The Kier molecular flexibility index (Phi) is 2.31. The van der Waals surface area contributed by atoms with Crippen LogP contribution >= 0.6 is 11.8 Å². The highest BCUT2D eigenvalue weighted by atomic mass is 32.2. The quantitative estimate of drug-likeness (QED) is 0.647. The van der Waals surface area contributed by atoms with E-state index in [0.29, 0.717) is 17.7 Å². The molecule has 2 rings (SSSR count). The highest BCUT2D eigenvalue weighted by molar-refractivity contribution is 7.99. The van der Waals surface area contributed by atoms with Crippen LogP contribution in [0.25, 0.3) is 0 Å². The lowest BCUT2D eigenvalue weighted by atomic mass is 9.92. The van der Waals surface area contributed by atoms with Crippen molar-refractivity contribution in [2.75, 3.05) is 18.6 Å². The zero-order chi connectivity index (χ0) is 8.55. The van der Waals surface area contributed by atoms with Crippen LogP contribution in [0.5, 0.6) is 0 Å². The van der Waals surface area contributed by atoms with E-state index in [2.05, 4.69) is 4.90 Å². The molecule has 3 heteroatoms. The van der Waals surface area contributed by atoms with Crippen molar-refractivity contribution in [3.63, 3.8) is 0 Å². The molecule has 1 aliphatic heterocycles. The lowest BCUT2D eigenvalue weighted by molar-refractivity contribution is -0.139. The van der Waals surface area contributed by atoms with Crippen LogP contribution in [0.1, 0.15) is 19.3 Å². The summed E-state index contributed by atoms with van der Waals surface area (Å²) in [6, 6.07) is 0.629. The third kappa shape index (κ3) is 1.24. The normalized spacial score (nSPS) is 32.9. The van der Waals surface area contributed by atoms with E-state index in [4.69, 9.17) is 0 Å². The second-order valence-corrected chi connectivity index (χ2v) is 4.60. The Bertz CT molecular complexity index is 195. The number of nitrogens with zero attached hydrogens (tertiary/aromatic N) is 1. The number of likely N-dealkylation sites (tertiary alicyclic amines) is 1. The van der Waals surface area contributed by atoms with Crippen molar-refractivity contribution < 1.29 is 4.79 Å². The molecule has 0 bridgehead atoms. The minimum absolute atomic E-state index is 0.352. The number of carbonyl (C=O) groups excluding carboxylic acids is 1. The molecule has 1 heterocycles. The molecule has 0 aromatic carbocycles. The zero-order valence-electron chi connectivity index (χ0n) is 7.45. The lowest BCUT2D eigenvalue weighted by Gasteiger charge is -2.44. The summed E-state index contributed by atoms with van der Waals surface area (Å²) in [5, 5.41) is 0. The van der Waals surface area contributed by atoms with Gasteiger partial charge in [-0.05, 0) is 25.0 Å². The Morgan fingerprint density at radius 1 is 1.58 bits per heavy atom. The largest absolute Gasteiger partial charge is 0.338 e. The van der Waals surface area contributed by atoms with Gasteiger partial charge in [-0.25, -0.2) is 0 Å². The summed E-state index contributed by atoms with van der Waals surface area (Å²) in [5.41, 5.74) is 0. The molecule has 1 saturated carbocycles. The van der Waals surface area contributed by atoms with Crippen molar-refractivity contribution in [1.29, 1.82) is 0 Å². The second kappa shape index (κ2) is 3.29. The smallest absolute Gasteiger partial charge is 0.232 e. The molecular weight excluding hydrogens is 170 g/mol. The van der Waals surface area contributed by atoms with E-state index in [9.17, 15) is 4.79 Å². The Hall–Kier alpha value is -0.180. The van der Waals surface area contributed by atoms with Crippen molar-refractivity contribution in [3.05, 3.63) is 0 Å². The summed E-state index contributed by atoms with van der Waals surface area (Å²) in [6.45, 7) is 1.05. The maximum Gasteiger partial charge on any atom is 0.232 e. The van der Waals surface area contributed by atoms with Crippen molar-refractivity contribution in [1.82, 2.24) is 4.90 Å². The van der Waals surface area contributed by atoms with Crippen LogP contribution in [0, 0.1) is 5.92 Å². The van der Waals surface area contributed by atoms with E-state index in [1.807, 2.05) is 6.26 Å². The van der Waals surface area contributed by atoms with Crippen LogP contribution in [-0.4, -0.2) is 35.4 Å². The van der Waals surface area contributed by atoms with E-state index >= 15 is 0 Å². The monoisotopic (exact) mass is 185 g/mol. The van der Waals surface area contributed by atoms with Gasteiger partial charge in [0.2, 0.25) is 5.91 Å². The summed E-state index contributed by atoms with van der Waals surface area (Å²) >= 11 is 1.63. The molecular formula is C9H15NOS. The van der Waals surface area contributed by atoms with Gasteiger partial charge in [0, 0.05) is 12.6 Å². The van der Waals surface area contributed by atoms with Gasteiger partial charge in [-0.15, -0.1) is 0 Å². The number of hydrogen-bond acceptors (Lipinski definition) is 2. The van der Waals surface area contributed by atoms with Gasteiger partial charge < -0.3 is 4.90 Å². The van der Waals surface area contributed by atoms with Crippen LogP contribution in [0.2, 0.25) is 0 Å². The first-order valence-corrected chi connectivity index (χ1v) is 6.00. The number of fused-ring (bicyclic) bond motifs is 1. The molecule has 12 heavy (non-hydrogen) atoms. The predicted octanol–water partition coefficient (Wildman–Crippen LogP) is 1.36. The standard InChI is InChI=1S/C9H15NOS/c1-12-6-9(11)10-5-7-3-2-4-8(7)10/h7-8H,2-6H2,1H3. The maximum absolute atomic E-state index is 11.5. The molecule has 0 aromatic rings. The first kappa shape index (κ1) is 8.42. The van der Waals surface area contributed by atoms with Crippen LogP contribution in [0.3, 0.4) is 0 Å². The Labute approximate surface area is 77.7 Å². The van der Waals surface area contributed by atoms with Crippen molar-refractivity contribution in [2.24, 2.45) is 5.92 Å². The minimum atomic E-state index is 0.352. The highest BCUT2D eigenvalue weighted by Crippen LogP contribution is 2.38. The van der Waals surface area contributed by atoms with Gasteiger partial charge in [0.25, 0.3) is 0 Å². The Morgan fingerprint density at radius 2 is 2.42 bits per heavy atom. The fourth-order valence-electron chi connectivity index (χ4n) is 2.38. The third-order valence-corrected chi connectivity index (χ3v) is 3.57. The minimum Gasteiger partial charge on any atom is -0.338 e. The predicted molar refractivity (Wildman–Crippen MR) is 51.2 cm³/mol. The highest BCUT2D eigenvalue weighted by Gasteiger charge is 2.43. The van der Waals surface area contributed by atoms with Gasteiger partial charge >= 0.3 is 0 Å². The van der Waals surface area contributed by atoms with E-state index in [1.54, 1.807) is 11.8 Å². The van der Waals surface area contributed by atoms with Crippen LogP contribution < -0.4 is 0 Å². The van der Waals surface area contributed by atoms with Crippen molar-refractivity contribution in [2.45, 2.75) is 25.3 Å². The summed E-state index contributed by atoms with van der Waals surface area (Å²) < 4.78 is 0. The van der Waals surface area contributed by atoms with E-state index in [0.717, 1.165) is 12.5 Å². The number of amides is 1. The molecule has 1 amide bonds. The molecule has 1 aliphatic carbocycles. The molecule has 2 atom stereocenters. The van der Waals surface area contributed by atoms with Crippen molar-refractivity contribution in [3.8, 4) is 0 Å². The van der Waals surface area contributed by atoms with Gasteiger partial charge in [-0.3, -0.25) is 4.79 Å². The van der Waals surface area contributed by atoms with Crippen LogP contribution in [-0.2, 0) is 4.79 Å². The van der Waals surface area contributed by atoms with Crippen LogP contribution in [0.4, 0.5) is 0 Å². The molecule has 0 radical (unpaired) electrons. The fraction of sp³-hybridized carbons (Fsp3) is 0.889. The average molecular weight is 185 g/mol. The molecule has 0 spiro atoms. The molecule has 1 saturated heterocycles. The Morgan fingerprint density at radius 3 is 3.08 bits per heavy atom. The number of hydrogen-bond donors (Lipinski definition) is 0. The van der Waals surface area contributed by atoms with E-state index in [-0.39, 0.29) is 0 Å². The van der Waals surface area contributed by atoms with Gasteiger partial charge in [-0.2, -0.15) is 11.8 Å². The SMILES string of the molecule is CSCC(=O)N1CC2CCCC21. The van der Waals surface area contributed by atoms with E-state index in [1.165, 1.54) is 19.3 Å². The van der Waals surface area contributed by atoms with Gasteiger partial charge in [-0.1, -0.05) is 6.42 Å². The second-order valence-electron chi connectivity index (χ2n) is 3.74. The van der Waals surface area contributed by atoms with Gasteiger partial charge in [0.15, 0.2) is 0 Å². The molecule has 2 nitrogen and oxygen atoms in total. The van der Waals surface area contributed by atoms with Gasteiger partial charge in [0.05, 0.1) is 5.75 Å². The topological polar surface area (TPSA) is 20.3 Å². The fourth-order valence-corrected chi connectivity index (χ4v) is 2.80. The Balaban J connectivity index is 1.87. The summed E-state index contributed by atoms with van der Waals surface area (Å²) in [6.07, 6.45) is 5.93. The molecule has 68 valence electrons. The third-order valence-electron chi connectivity index (χ3n) is 3.04. The summed E-state index contributed by atoms with van der Waals surface area (Å²) in [7, 11) is 0. The van der Waals surface area contributed by atoms with Gasteiger partial charge in [0.1, 0.15) is 0 Å². The average Bonchev–Trinajstić information content (AvgIpc) is 2.33. The first-order chi connectivity index (χ1) is 5.83. The number of rotatable bonds is 2. The number of carbonyl (C=O) groups is 1. The van der Waals surface area contributed by atoms with Crippen molar-refractivity contribution >= 4 is 17.7 Å². The van der Waals surface area contributed by atoms with Crippen LogP contribution in [0.15, 0.2) is 0 Å². The molecule has 2 fully saturated rings. The first-order valence-electron chi connectivity index (χ1n) is 4.61. The molecule has 2 unspecified atom stereocenters. The lowest BCUT2D eigenvalue weighted by Crippen LogP contribution is -2.56. The number of thioether (sulfide) groups is 1. The molecule has 2 aliphatic rings. The molecule has 0 aromatic heterocycles. The maximum atomic E-state index is 11.5. The zero-order valence-corrected chi connectivity index (χ0v) is 8.27. The summed E-state index contributed by atoms with van der Waals surface area (Å²) in [5.74, 6) is 1.88. The molecule has 0 N–H and O–H groups in total. The van der Waals surface area contributed by atoms with E-state index < -0.39 is 0 Å². The summed E-state index contributed by atoms with van der Waals surface area (Å²) in [4.78, 5) is 13.6.